The van der Waals surface area contributed by atoms with Gasteiger partial charge in [0.2, 0.25) is 0 Å². The van der Waals surface area contributed by atoms with E-state index in [0.29, 0.717) is 5.54 Å². The fourth-order valence-electron chi connectivity index (χ4n) is 2.84. The molecule has 3 fully saturated rings. The zero-order valence-electron chi connectivity index (χ0n) is 9.34. The smallest absolute Gasteiger partial charge is 0.0125 e. The van der Waals surface area contributed by atoms with Crippen LogP contribution in [0.1, 0.15) is 46.5 Å². The van der Waals surface area contributed by atoms with Crippen molar-refractivity contribution in [1.82, 2.24) is 4.90 Å². The lowest BCUT2D eigenvalue weighted by molar-refractivity contribution is 0.123. The number of nitrogens with zero attached hydrogens (tertiary/aromatic N) is 1. The van der Waals surface area contributed by atoms with Crippen LogP contribution in [0, 0.1) is 11.8 Å². The molecule has 1 saturated carbocycles. The molecule has 0 amide bonds. The van der Waals surface area contributed by atoms with E-state index in [9.17, 15) is 0 Å². The second kappa shape index (κ2) is 3.27. The van der Waals surface area contributed by atoms with Gasteiger partial charge in [0, 0.05) is 18.6 Å². The van der Waals surface area contributed by atoms with Crippen LogP contribution in [0.4, 0.5) is 0 Å². The Morgan fingerprint density at radius 1 is 0.846 bits per heavy atom. The SMILES string of the molecule is CC(C)(C)N1C[C@H]2CC[C@H](CC2)C1. The topological polar surface area (TPSA) is 3.24 Å². The molecule has 1 aliphatic carbocycles. The van der Waals surface area contributed by atoms with Crippen molar-refractivity contribution in [3.05, 3.63) is 0 Å². The van der Waals surface area contributed by atoms with Crippen LogP contribution in [-0.2, 0) is 0 Å². The molecule has 3 rings (SSSR count). The average molecular weight is 181 g/mol. The van der Waals surface area contributed by atoms with Gasteiger partial charge in [0.1, 0.15) is 0 Å². The van der Waals surface area contributed by atoms with Gasteiger partial charge in [-0.2, -0.15) is 0 Å². The molecule has 2 bridgehead atoms. The molecule has 0 unspecified atom stereocenters. The molecule has 76 valence electrons. The van der Waals surface area contributed by atoms with Crippen molar-refractivity contribution in [3.8, 4) is 0 Å². The molecular formula is C12H23N. The van der Waals surface area contributed by atoms with Gasteiger partial charge >= 0.3 is 0 Å². The zero-order valence-corrected chi connectivity index (χ0v) is 9.34. The molecule has 0 aromatic carbocycles. The Bertz CT molecular complexity index is 158. The molecule has 0 aromatic rings. The van der Waals surface area contributed by atoms with Crippen molar-refractivity contribution < 1.29 is 0 Å². The molecule has 0 spiro atoms. The number of fused-ring (bicyclic) bond motifs is 4. The summed E-state index contributed by atoms with van der Waals surface area (Å²) in [6.45, 7) is 9.80. The van der Waals surface area contributed by atoms with Crippen LogP contribution in [-0.4, -0.2) is 23.5 Å². The molecule has 0 atom stereocenters. The van der Waals surface area contributed by atoms with E-state index >= 15 is 0 Å². The second-order valence-electron chi connectivity index (χ2n) is 5.96. The molecule has 0 aromatic heterocycles. The second-order valence-corrected chi connectivity index (χ2v) is 5.96. The van der Waals surface area contributed by atoms with Crippen molar-refractivity contribution in [3.63, 3.8) is 0 Å². The first-order valence-electron chi connectivity index (χ1n) is 5.81. The Hall–Kier alpha value is -0.0400. The molecular weight excluding hydrogens is 158 g/mol. The zero-order chi connectivity index (χ0) is 9.47. The minimum absolute atomic E-state index is 0.394. The Labute approximate surface area is 82.5 Å². The van der Waals surface area contributed by atoms with E-state index in [1.54, 1.807) is 0 Å². The van der Waals surface area contributed by atoms with E-state index in [1.807, 2.05) is 0 Å². The Morgan fingerprint density at radius 3 is 1.54 bits per heavy atom. The minimum atomic E-state index is 0.394. The summed E-state index contributed by atoms with van der Waals surface area (Å²) in [6.07, 6.45) is 5.99. The quantitative estimate of drug-likeness (QED) is 0.555. The first-order chi connectivity index (χ1) is 6.05. The van der Waals surface area contributed by atoms with E-state index in [0.717, 1.165) is 11.8 Å². The predicted octanol–water partition coefficient (Wildman–Crippen LogP) is 2.91. The first-order valence-corrected chi connectivity index (χ1v) is 5.81. The van der Waals surface area contributed by atoms with Crippen LogP contribution in [0.5, 0.6) is 0 Å². The molecule has 0 N–H and O–H groups in total. The van der Waals surface area contributed by atoms with E-state index < -0.39 is 0 Å². The fourth-order valence-corrected chi connectivity index (χ4v) is 2.84. The van der Waals surface area contributed by atoms with Crippen molar-refractivity contribution in [2.24, 2.45) is 11.8 Å². The van der Waals surface area contributed by atoms with Crippen LogP contribution in [0.15, 0.2) is 0 Å². The molecule has 3 aliphatic rings. The first kappa shape index (κ1) is 9.51. The summed E-state index contributed by atoms with van der Waals surface area (Å²) in [7, 11) is 0. The summed E-state index contributed by atoms with van der Waals surface area (Å²) in [4.78, 5) is 2.71. The third-order valence-electron chi connectivity index (χ3n) is 3.87. The van der Waals surface area contributed by atoms with Crippen molar-refractivity contribution in [2.75, 3.05) is 13.1 Å². The molecule has 2 heterocycles. The highest BCUT2D eigenvalue weighted by atomic mass is 15.2. The standard InChI is InChI=1S/C12H23N/c1-12(2,3)13-8-10-4-5-11(9-13)7-6-10/h10-11H,4-9H2,1-3H3/t10-,11+. The lowest BCUT2D eigenvalue weighted by Crippen LogP contribution is -2.43. The third kappa shape index (κ3) is 2.07. The summed E-state index contributed by atoms with van der Waals surface area (Å²) in [6, 6.07) is 0. The van der Waals surface area contributed by atoms with Gasteiger partial charge in [-0.3, -0.25) is 4.90 Å². The van der Waals surface area contributed by atoms with Crippen molar-refractivity contribution >= 4 is 0 Å². The largest absolute Gasteiger partial charge is 0.298 e. The van der Waals surface area contributed by atoms with Crippen molar-refractivity contribution in [2.45, 2.75) is 52.0 Å². The molecule has 1 nitrogen and oxygen atoms in total. The predicted molar refractivity (Wildman–Crippen MR) is 56.8 cm³/mol. The maximum absolute atomic E-state index is 2.71. The van der Waals surface area contributed by atoms with Gasteiger partial charge in [-0.05, 0) is 58.3 Å². The lowest BCUT2D eigenvalue weighted by Gasteiger charge is -2.36. The van der Waals surface area contributed by atoms with Crippen LogP contribution in [0.25, 0.3) is 0 Å². The maximum Gasteiger partial charge on any atom is 0.0125 e. The van der Waals surface area contributed by atoms with Crippen LogP contribution >= 0.6 is 0 Å². The number of hydrogen-bond donors (Lipinski definition) is 0. The Morgan fingerprint density at radius 2 is 1.23 bits per heavy atom. The highest BCUT2D eigenvalue weighted by Crippen LogP contribution is 2.36. The van der Waals surface area contributed by atoms with Gasteiger partial charge in [0.15, 0.2) is 0 Å². The van der Waals surface area contributed by atoms with E-state index in [2.05, 4.69) is 25.7 Å². The van der Waals surface area contributed by atoms with Gasteiger partial charge < -0.3 is 0 Å². The fraction of sp³-hybridized carbons (Fsp3) is 1.00. The van der Waals surface area contributed by atoms with E-state index in [4.69, 9.17) is 0 Å². The van der Waals surface area contributed by atoms with Gasteiger partial charge in [-0.25, -0.2) is 0 Å². The van der Waals surface area contributed by atoms with Crippen LogP contribution in [0.3, 0.4) is 0 Å². The number of hydrogen-bond acceptors (Lipinski definition) is 1. The summed E-state index contributed by atoms with van der Waals surface area (Å²) < 4.78 is 0. The summed E-state index contributed by atoms with van der Waals surface area (Å²) >= 11 is 0. The van der Waals surface area contributed by atoms with Crippen molar-refractivity contribution in [1.29, 1.82) is 0 Å². The number of rotatable bonds is 0. The highest BCUT2D eigenvalue weighted by molar-refractivity contribution is 4.87. The van der Waals surface area contributed by atoms with Gasteiger partial charge in [-0.15, -0.1) is 0 Å². The van der Waals surface area contributed by atoms with Crippen LogP contribution < -0.4 is 0 Å². The monoisotopic (exact) mass is 181 g/mol. The van der Waals surface area contributed by atoms with Crippen LogP contribution in [0.2, 0.25) is 0 Å². The maximum atomic E-state index is 2.71. The molecule has 13 heavy (non-hydrogen) atoms. The molecule has 0 radical (unpaired) electrons. The normalized spacial score (nSPS) is 36.2. The molecule has 2 aliphatic heterocycles. The Kier molecular flexibility index (Phi) is 2.39. The summed E-state index contributed by atoms with van der Waals surface area (Å²) in [5, 5.41) is 0. The highest BCUT2D eigenvalue weighted by Gasteiger charge is 2.33. The van der Waals surface area contributed by atoms with Gasteiger partial charge in [-0.1, -0.05) is 0 Å². The summed E-state index contributed by atoms with van der Waals surface area (Å²) in [5.74, 6) is 2.02. The lowest BCUT2D eigenvalue weighted by atomic mass is 9.84. The molecule has 1 heteroatoms. The Balaban J connectivity index is 2.07. The van der Waals surface area contributed by atoms with E-state index in [-0.39, 0.29) is 0 Å². The minimum Gasteiger partial charge on any atom is -0.298 e. The average Bonchev–Trinajstić information content (AvgIpc) is 2.34. The summed E-state index contributed by atoms with van der Waals surface area (Å²) in [5.41, 5.74) is 0.394. The van der Waals surface area contributed by atoms with E-state index in [1.165, 1.54) is 38.8 Å². The third-order valence-corrected chi connectivity index (χ3v) is 3.87. The van der Waals surface area contributed by atoms with Gasteiger partial charge in [0.05, 0.1) is 0 Å². The molecule has 2 saturated heterocycles. The van der Waals surface area contributed by atoms with Gasteiger partial charge in [0.25, 0.3) is 0 Å².